The third kappa shape index (κ3) is 3.34. The summed E-state index contributed by atoms with van der Waals surface area (Å²) < 4.78 is 0. The number of carbonyl (C=O) groups excluding carboxylic acids is 1. The van der Waals surface area contributed by atoms with Gasteiger partial charge in [0.2, 0.25) is 0 Å². The van der Waals surface area contributed by atoms with Gasteiger partial charge in [0.05, 0.1) is 4.88 Å². The Morgan fingerprint density at radius 3 is 2.93 bits per heavy atom. The van der Waals surface area contributed by atoms with E-state index >= 15 is 0 Å². The molecule has 0 fully saturated rings. The fourth-order valence-corrected chi connectivity index (χ4v) is 1.90. The van der Waals surface area contributed by atoms with Crippen LogP contribution in [-0.2, 0) is 16.1 Å². The van der Waals surface area contributed by atoms with Crippen LogP contribution in [0.4, 0.5) is 0 Å². The summed E-state index contributed by atoms with van der Waals surface area (Å²) in [5.41, 5.74) is 3.01. The molecule has 0 aliphatic carbocycles. The molecule has 5 nitrogen and oxygen atoms in total. The van der Waals surface area contributed by atoms with Crippen LogP contribution in [0.25, 0.3) is 0 Å². The summed E-state index contributed by atoms with van der Waals surface area (Å²) in [6, 6.07) is 1.86. The fraction of sp³-hybridized carbons (Fsp3) is 0.333. The van der Waals surface area contributed by atoms with Crippen molar-refractivity contribution in [3.05, 3.63) is 21.9 Å². The van der Waals surface area contributed by atoms with E-state index in [-0.39, 0.29) is 0 Å². The fourth-order valence-electron chi connectivity index (χ4n) is 1.02. The first-order chi connectivity index (χ1) is 7.15. The molecule has 0 aliphatic heterocycles. The maximum atomic E-state index is 11.4. The zero-order valence-corrected chi connectivity index (χ0v) is 8.97. The lowest BCUT2D eigenvalue weighted by atomic mass is 10.2. The van der Waals surface area contributed by atoms with Crippen molar-refractivity contribution in [1.82, 2.24) is 5.48 Å². The number of amides is 1. The molecule has 1 rings (SSSR count). The quantitative estimate of drug-likeness (QED) is 0.740. The van der Waals surface area contributed by atoms with Crippen molar-refractivity contribution in [1.29, 1.82) is 0 Å². The monoisotopic (exact) mass is 229 g/mol. The first kappa shape index (κ1) is 11.7. The van der Waals surface area contributed by atoms with Crippen molar-refractivity contribution in [2.75, 3.05) is 6.61 Å². The molecule has 1 heterocycles. The average Bonchev–Trinajstić information content (AvgIpc) is 2.64. The van der Waals surface area contributed by atoms with Crippen molar-refractivity contribution >= 4 is 23.2 Å². The maximum Gasteiger partial charge on any atom is 0.332 e. The van der Waals surface area contributed by atoms with Crippen LogP contribution >= 0.6 is 11.3 Å². The summed E-state index contributed by atoms with van der Waals surface area (Å²) in [5, 5.41) is 10.1. The first-order valence-electron chi connectivity index (χ1n) is 4.35. The maximum absolute atomic E-state index is 11.4. The predicted octanol–water partition coefficient (Wildman–Crippen LogP) is 1.06. The van der Waals surface area contributed by atoms with Gasteiger partial charge in [0, 0.05) is 0 Å². The number of aliphatic carboxylic acids is 1. The highest BCUT2D eigenvalue weighted by atomic mass is 32.1. The van der Waals surface area contributed by atoms with Gasteiger partial charge in [0.25, 0.3) is 5.91 Å². The van der Waals surface area contributed by atoms with Gasteiger partial charge in [0.15, 0.2) is 6.61 Å². The van der Waals surface area contributed by atoms with Crippen molar-refractivity contribution < 1.29 is 19.5 Å². The van der Waals surface area contributed by atoms with E-state index in [2.05, 4.69) is 10.3 Å². The first-order valence-corrected chi connectivity index (χ1v) is 5.23. The molecule has 2 N–H and O–H groups in total. The Bertz CT molecular complexity index is 361. The molecule has 0 radical (unpaired) electrons. The second kappa shape index (κ2) is 5.47. The van der Waals surface area contributed by atoms with Crippen LogP contribution in [0.3, 0.4) is 0 Å². The number of hydrogen-bond acceptors (Lipinski definition) is 4. The lowest BCUT2D eigenvalue weighted by molar-refractivity contribution is -0.144. The molecule has 0 bridgehead atoms. The Kier molecular flexibility index (Phi) is 4.26. The molecule has 15 heavy (non-hydrogen) atoms. The molecule has 0 saturated carbocycles. The standard InChI is InChI=1S/C9H11NO4S/c1-2-6-3-4-15-8(6)9(13)10-14-5-7(11)12/h3-4H,2,5H2,1H3,(H,10,13)(H,11,12). The van der Waals surface area contributed by atoms with Gasteiger partial charge in [0.1, 0.15) is 0 Å². The number of nitrogens with one attached hydrogen (secondary N) is 1. The SMILES string of the molecule is CCc1ccsc1C(=O)NOCC(=O)O. The highest BCUT2D eigenvalue weighted by Crippen LogP contribution is 2.16. The van der Waals surface area contributed by atoms with Gasteiger partial charge in [-0.15, -0.1) is 11.3 Å². The van der Waals surface area contributed by atoms with Gasteiger partial charge < -0.3 is 5.11 Å². The van der Waals surface area contributed by atoms with Crippen LogP contribution in [0.2, 0.25) is 0 Å². The second-order valence-corrected chi connectivity index (χ2v) is 3.66. The number of carboxylic acids is 1. The van der Waals surface area contributed by atoms with Gasteiger partial charge in [-0.05, 0) is 23.4 Å². The van der Waals surface area contributed by atoms with Crippen molar-refractivity contribution in [3.8, 4) is 0 Å². The van der Waals surface area contributed by atoms with Crippen LogP contribution in [0, 0.1) is 0 Å². The number of carbonyl (C=O) groups is 2. The van der Waals surface area contributed by atoms with Crippen molar-refractivity contribution in [3.63, 3.8) is 0 Å². The molecule has 0 aliphatic rings. The Balaban J connectivity index is 2.50. The topological polar surface area (TPSA) is 75.6 Å². The minimum atomic E-state index is -1.13. The molecule has 1 amide bonds. The summed E-state index contributed by atoms with van der Waals surface area (Å²) in [4.78, 5) is 26.6. The number of aryl methyl sites for hydroxylation is 1. The molecule has 0 aromatic carbocycles. The summed E-state index contributed by atoms with van der Waals surface area (Å²) in [5.74, 6) is -1.53. The van der Waals surface area contributed by atoms with E-state index in [1.54, 1.807) is 0 Å². The van der Waals surface area contributed by atoms with Crippen molar-refractivity contribution in [2.24, 2.45) is 0 Å². The molecular weight excluding hydrogens is 218 g/mol. The molecule has 0 atom stereocenters. The zero-order chi connectivity index (χ0) is 11.3. The number of thiophene rings is 1. The molecule has 0 unspecified atom stereocenters. The molecule has 0 saturated heterocycles. The van der Waals surface area contributed by atoms with E-state index < -0.39 is 18.5 Å². The Labute approximate surface area is 90.6 Å². The number of hydroxylamine groups is 1. The van der Waals surface area contributed by atoms with E-state index in [0.717, 1.165) is 12.0 Å². The van der Waals surface area contributed by atoms with E-state index in [4.69, 9.17) is 5.11 Å². The summed E-state index contributed by atoms with van der Waals surface area (Å²) >= 11 is 1.30. The van der Waals surface area contributed by atoms with E-state index in [1.165, 1.54) is 11.3 Å². The number of carboxylic acid groups (broad SMARTS) is 1. The largest absolute Gasteiger partial charge is 0.479 e. The third-order valence-corrected chi connectivity index (χ3v) is 2.65. The molecule has 82 valence electrons. The lowest BCUT2D eigenvalue weighted by Gasteiger charge is -2.03. The molecular formula is C9H11NO4S. The number of hydrogen-bond donors (Lipinski definition) is 2. The highest BCUT2D eigenvalue weighted by molar-refractivity contribution is 7.12. The van der Waals surface area contributed by atoms with Gasteiger partial charge in [-0.2, -0.15) is 0 Å². The van der Waals surface area contributed by atoms with Gasteiger partial charge in [-0.3, -0.25) is 9.63 Å². The zero-order valence-electron chi connectivity index (χ0n) is 8.15. The molecule has 0 spiro atoms. The second-order valence-electron chi connectivity index (χ2n) is 2.74. The summed E-state index contributed by atoms with van der Waals surface area (Å²) in [6.45, 7) is 1.40. The predicted molar refractivity (Wildman–Crippen MR) is 54.8 cm³/mol. The van der Waals surface area contributed by atoms with E-state index in [9.17, 15) is 9.59 Å². The third-order valence-electron chi connectivity index (χ3n) is 1.69. The van der Waals surface area contributed by atoms with E-state index in [0.29, 0.717) is 4.88 Å². The minimum absolute atomic E-state index is 0.400. The molecule has 6 heteroatoms. The normalized spacial score (nSPS) is 9.93. The van der Waals surface area contributed by atoms with Crippen LogP contribution in [-0.4, -0.2) is 23.6 Å². The number of rotatable bonds is 5. The van der Waals surface area contributed by atoms with Crippen LogP contribution in [0.15, 0.2) is 11.4 Å². The van der Waals surface area contributed by atoms with Gasteiger partial charge >= 0.3 is 5.97 Å². The van der Waals surface area contributed by atoms with Crippen LogP contribution in [0.5, 0.6) is 0 Å². The smallest absolute Gasteiger partial charge is 0.332 e. The highest BCUT2D eigenvalue weighted by Gasteiger charge is 2.12. The average molecular weight is 229 g/mol. The minimum Gasteiger partial charge on any atom is -0.479 e. The molecule has 1 aromatic rings. The van der Waals surface area contributed by atoms with E-state index in [1.807, 2.05) is 18.4 Å². The Morgan fingerprint density at radius 2 is 2.33 bits per heavy atom. The van der Waals surface area contributed by atoms with Crippen LogP contribution in [0.1, 0.15) is 22.2 Å². The van der Waals surface area contributed by atoms with Crippen molar-refractivity contribution in [2.45, 2.75) is 13.3 Å². The van der Waals surface area contributed by atoms with Gasteiger partial charge in [-0.25, -0.2) is 10.3 Å². The summed E-state index contributed by atoms with van der Waals surface area (Å²) in [7, 11) is 0. The Hall–Kier alpha value is -1.40. The lowest BCUT2D eigenvalue weighted by Crippen LogP contribution is -2.26. The van der Waals surface area contributed by atoms with Crippen LogP contribution < -0.4 is 5.48 Å². The summed E-state index contributed by atoms with van der Waals surface area (Å²) in [6.07, 6.45) is 0.755. The Morgan fingerprint density at radius 1 is 1.60 bits per heavy atom. The molecule has 1 aromatic heterocycles. The van der Waals surface area contributed by atoms with Gasteiger partial charge in [-0.1, -0.05) is 6.92 Å².